The molecular formula is C39H44SiZr. The van der Waals surface area contributed by atoms with Crippen LogP contribution in [0, 0.1) is 0 Å². The van der Waals surface area contributed by atoms with Gasteiger partial charge in [0.15, 0.2) is 0 Å². The summed E-state index contributed by atoms with van der Waals surface area (Å²) in [6.07, 6.45) is 2.56. The number of hydrogen-bond donors (Lipinski definition) is 0. The normalized spacial score (nSPS) is 16.2. The Morgan fingerprint density at radius 1 is 0.585 bits per heavy atom. The van der Waals surface area contributed by atoms with Crippen LogP contribution in [-0.2, 0) is 31.2 Å². The quantitative estimate of drug-likeness (QED) is 0.197. The Hall–Kier alpha value is -2.28. The van der Waals surface area contributed by atoms with E-state index in [0.29, 0.717) is 7.25 Å². The summed E-state index contributed by atoms with van der Waals surface area (Å²) < 4.78 is 1.22. The van der Waals surface area contributed by atoms with Gasteiger partial charge in [0.05, 0.1) is 0 Å². The first-order valence-corrected chi connectivity index (χ1v) is 24.2. The van der Waals surface area contributed by atoms with Crippen LogP contribution in [0.3, 0.4) is 0 Å². The molecule has 0 saturated heterocycles. The Morgan fingerprint density at radius 2 is 1.15 bits per heavy atom. The van der Waals surface area contributed by atoms with Crippen molar-refractivity contribution in [3.05, 3.63) is 124 Å². The molecule has 6 rings (SSSR count). The zero-order valence-corrected chi connectivity index (χ0v) is 29.8. The average Bonchev–Trinajstić information content (AvgIpc) is 3.42. The number of allylic oxidation sites excluding steroid dienone is 1. The first-order valence-electron chi connectivity index (χ1n) is 15.2. The molecule has 0 saturated carbocycles. The third kappa shape index (κ3) is 5.04. The van der Waals surface area contributed by atoms with E-state index in [1.54, 1.807) is 22.3 Å². The van der Waals surface area contributed by atoms with Crippen molar-refractivity contribution in [2.75, 3.05) is 0 Å². The van der Waals surface area contributed by atoms with Gasteiger partial charge < -0.3 is 0 Å². The molecule has 1 atom stereocenters. The molecule has 1 unspecified atom stereocenters. The van der Waals surface area contributed by atoms with Crippen LogP contribution in [0.2, 0.25) is 13.1 Å². The standard InChI is InChI=1S/C21H25.C16H13.C2H6Si.Zr/c1-20(2,3)16-7-9-18-14(12-16)11-15-13-17(21(4,5)6)8-10-19(15)18;1-12-10-14-8-5-9-15(16(14)11-12)13-6-3-2-4-7-13;1-3-2;/h7-13H,1-6H3;2-11H,1H3;1-2H3;. The molecule has 0 aromatic heterocycles. The first kappa shape index (κ1) is 28.8. The topological polar surface area (TPSA) is 0 Å². The molecule has 0 fully saturated rings. The summed E-state index contributed by atoms with van der Waals surface area (Å²) >= 11 is -2.23. The van der Waals surface area contributed by atoms with Gasteiger partial charge >= 0.3 is 258 Å². The molecular weight excluding hydrogens is 588 g/mol. The summed E-state index contributed by atoms with van der Waals surface area (Å²) in [5.41, 5.74) is 16.4. The minimum atomic E-state index is -2.23. The molecule has 0 N–H and O–H groups in total. The van der Waals surface area contributed by atoms with Crippen LogP contribution < -0.4 is 0 Å². The Bertz CT molecular complexity index is 1660. The van der Waals surface area contributed by atoms with Crippen LogP contribution in [0.5, 0.6) is 0 Å². The predicted octanol–water partition coefficient (Wildman–Crippen LogP) is 11.0. The predicted molar refractivity (Wildman–Crippen MR) is 177 cm³/mol. The van der Waals surface area contributed by atoms with Crippen molar-refractivity contribution in [1.82, 2.24) is 0 Å². The maximum atomic E-state index is 2.64. The number of benzene rings is 4. The fourth-order valence-corrected chi connectivity index (χ4v) is 27.4. The van der Waals surface area contributed by atoms with Gasteiger partial charge in [0.1, 0.15) is 0 Å². The van der Waals surface area contributed by atoms with Gasteiger partial charge in [-0.3, -0.25) is 0 Å². The van der Waals surface area contributed by atoms with Gasteiger partial charge in [-0.25, -0.2) is 0 Å². The molecule has 4 aromatic rings. The second-order valence-corrected chi connectivity index (χ2v) is 32.4. The molecule has 0 radical (unpaired) electrons. The van der Waals surface area contributed by atoms with E-state index in [4.69, 9.17) is 0 Å². The van der Waals surface area contributed by atoms with E-state index in [2.05, 4.69) is 153 Å². The zero-order valence-electron chi connectivity index (χ0n) is 26.3. The van der Waals surface area contributed by atoms with Crippen molar-refractivity contribution < 1.29 is 20.4 Å². The van der Waals surface area contributed by atoms with E-state index >= 15 is 0 Å². The summed E-state index contributed by atoms with van der Waals surface area (Å²) in [4.78, 5) is 0. The van der Waals surface area contributed by atoms with Gasteiger partial charge in [-0.1, -0.05) is 0 Å². The van der Waals surface area contributed by atoms with E-state index in [1.165, 1.54) is 38.9 Å². The van der Waals surface area contributed by atoms with Crippen LogP contribution in [0.15, 0.2) is 90.5 Å². The molecule has 4 aromatic carbocycles. The summed E-state index contributed by atoms with van der Waals surface area (Å²) in [7, 11) is 0. The summed E-state index contributed by atoms with van der Waals surface area (Å²) in [5.74, 6) is 0. The van der Waals surface area contributed by atoms with Crippen molar-refractivity contribution in [3.8, 4) is 22.3 Å². The molecule has 208 valence electrons. The van der Waals surface area contributed by atoms with E-state index in [0.717, 1.165) is 0 Å². The molecule has 41 heavy (non-hydrogen) atoms. The molecule has 0 bridgehead atoms. The Kier molecular flexibility index (Phi) is 7.36. The van der Waals surface area contributed by atoms with Crippen molar-refractivity contribution in [2.24, 2.45) is 0 Å². The van der Waals surface area contributed by atoms with Crippen molar-refractivity contribution >= 4 is 11.5 Å². The van der Waals surface area contributed by atoms with Gasteiger partial charge in [0.25, 0.3) is 0 Å². The van der Waals surface area contributed by atoms with E-state index in [1.807, 2.05) is 0 Å². The molecule has 0 aliphatic heterocycles. The fraction of sp³-hybridized carbons (Fsp3) is 0.333. The fourth-order valence-electron chi connectivity index (χ4n) is 7.11. The van der Waals surface area contributed by atoms with Gasteiger partial charge in [-0.05, 0) is 0 Å². The molecule has 0 nitrogen and oxygen atoms in total. The van der Waals surface area contributed by atoms with Crippen LogP contribution in [-0.4, -0.2) is 5.43 Å². The number of hydrogen-bond acceptors (Lipinski definition) is 0. The second kappa shape index (κ2) is 10.5. The SMILES string of the molecule is CC1=Cc2c(-c3ccccc3)cccc2[CH]1[Zr]([CH]1c2cc(C(C)(C)C)ccc2-c2ccc(C(C)(C)C)cc21)=[Si](C)C. The first-order chi connectivity index (χ1) is 19.4. The summed E-state index contributed by atoms with van der Waals surface area (Å²) in [6.45, 7) is 21.9. The van der Waals surface area contributed by atoms with Crippen LogP contribution in [0.4, 0.5) is 0 Å². The molecule has 0 amide bonds. The second-order valence-electron chi connectivity index (χ2n) is 14.5. The minimum absolute atomic E-state index is 0.140. The maximum absolute atomic E-state index is 2.64. The van der Waals surface area contributed by atoms with Gasteiger partial charge in [0.2, 0.25) is 0 Å². The van der Waals surface area contributed by atoms with E-state index < -0.39 is 25.8 Å². The van der Waals surface area contributed by atoms with E-state index in [9.17, 15) is 0 Å². The molecule has 2 aliphatic carbocycles. The third-order valence-electron chi connectivity index (χ3n) is 9.31. The molecule has 0 spiro atoms. The van der Waals surface area contributed by atoms with Crippen molar-refractivity contribution in [1.29, 1.82) is 0 Å². The Balaban J connectivity index is 1.59. The van der Waals surface area contributed by atoms with Crippen LogP contribution in [0.1, 0.15) is 89.1 Å². The number of fused-ring (bicyclic) bond motifs is 4. The molecule has 2 heteroatoms. The summed E-state index contributed by atoms with van der Waals surface area (Å²) in [5, 5.41) is 0. The van der Waals surface area contributed by atoms with Crippen molar-refractivity contribution in [2.45, 2.75) is 79.6 Å². The van der Waals surface area contributed by atoms with Crippen LogP contribution in [0.25, 0.3) is 28.3 Å². The summed E-state index contributed by atoms with van der Waals surface area (Å²) in [6, 6.07) is 33.1. The van der Waals surface area contributed by atoms with E-state index in [-0.39, 0.29) is 10.8 Å². The van der Waals surface area contributed by atoms with Gasteiger partial charge in [-0.2, -0.15) is 0 Å². The molecule has 0 heterocycles. The van der Waals surface area contributed by atoms with Crippen molar-refractivity contribution in [3.63, 3.8) is 0 Å². The van der Waals surface area contributed by atoms with Crippen LogP contribution >= 0.6 is 0 Å². The number of rotatable bonds is 3. The third-order valence-corrected chi connectivity index (χ3v) is 28.9. The Morgan fingerprint density at radius 3 is 1.66 bits per heavy atom. The van der Waals surface area contributed by atoms with Gasteiger partial charge in [0, 0.05) is 0 Å². The monoisotopic (exact) mass is 630 g/mol. The zero-order chi connectivity index (χ0) is 29.3. The average molecular weight is 632 g/mol. The molecule has 2 aliphatic rings. The van der Waals surface area contributed by atoms with Gasteiger partial charge in [-0.15, -0.1) is 0 Å². The Labute approximate surface area is 256 Å².